The van der Waals surface area contributed by atoms with Crippen LogP contribution in [-0.4, -0.2) is 22.1 Å². The van der Waals surface area contributed by atoms with Gasteiger partial charge < -0.3 is 4.74 Å². The Morgan fingerprint density at radius 2 is 1.71 bits per heavy atom. The van der Waals surface area contributed by atoms with E-state index in [4.69, 9.17) is 27.9 Å². The van der Waals surface area contributed by atoms with Crippen LogP contribution in [0.1, 0.15) is 19.4 Å². The molecule has 0 aliphatic heterocycles. The molecule has 2 rings (SSSR count). The third-order valence-electron chi connectivity index (χ3n) is 3.73. The van der Waals surface area contributed by atoms with Gasteiger partial charge in [-0.15, -0.1) is 0 Å². The number of para-hydroxylation sites is 1. The Morgan fingerprint density at radius 1 is 1.04 bits per heavy atom. The summed E-state index contributed by atoms with van der Waals surface area (Å²) in [5.74, 6) is 0.331. The summed E-state index contributed by atoms with van der Waals surface area (Å²) in [6.07, 6.45) is 0.722. The van der Waals surface area contributed by atoms with Gasteiger partial charge in [-0.05, 0) is 37.1 Å². The molecule has 0 atom stereocenters. The standard InChI is InChI=1S/C17H19Cl2NO3S/c1-4-12-8-6-7-9-13(12)20(5-2)24(21,22)15-11-10-14(23-3)16(18)17(15)19/h6-11H,4-5H2,1-3H3. The van der Waals surface area contributed by atoms with E-state index in [0.717, 1.165) is 12.0 Å². The Labute approximate surface area is 153 Å². The summed E-state index contributed by atoms with van der Waals surface area (Å²) in [6.45, 7) is 4.04. The van der Waals surface area contributed by atoms with Crippen LogP contribution < -0.4 is 9.04 Å². The van der Waals surface area contributed by atoms with Gasteiger partial charge in [0.15, 0.2) is 0 Å². The molecule has 24 heavy (non-hydrogen) atoms. The minimum atomic E-state index is -3.85. The van der Waals surface area contributed by atoms with E-state index >= 15 is 0 Å². The summed E-state index contributed by atoms with van der Waals surface area (Å²) in [6, 6.07) is 10.3. The summed E-state index contributed by atoms with van der Waals surface area (Å²) < 4.78 is 32.7. The topological polar surface area (TPSA) is 46.6 Å². The largest absolute Gasteiger partial charge is 0.495 e. The molecule has 0 aromatic heterocycles. The number of nitrogens with zero attached hydrogens (tertiary/aromatic N) is 1. The number of hydrogen-bond acceptors (Lipinski definition) is 3. The van der Waals surface area contributed by atoms with Gasteiger partial charge in [0.25, 0.3) is 10.0 Å². The molecule has 0 saturated heterocycles. The molecule has 2 aromatic carbocycles. The van der Waals surface area contributed by atoms with Crippen LogP contribution >= 0.6 is 23.2 Å². The van der Waals surface area contributed by atoms with Crippen LogP contribution in [-0.2, 0) is 16.4 Å². The van der Waals surface area contributed by atoms with E-state index in [-0.39, 0.29) is 21.5 Å². The van der Waals surface area contributed by atoms with Crippen molar-refractivity contribution in [3.05, 3.63) is 52.0 Å². The molecular weight excluding hydrogens is 369 g/mol. The van der Waals surface area contributed by atoms with Crippen LogP contribution in [0.3, 0.4) is 0 Å². The highest BCUT2D eigenvalue weighted by Crippen LogP contribution is 2.39. The minimum Gasteiger partial charge on any atom is -0.495 e. The van der Waals surface area contributed by atoms with E-state index in [1.54, 1.807) is 13.0 Å². The van der Waals surface area contributed by atoms with E-state index in [1.165, 1.54) is 23.5 Å². The smallest absolute Gasteiger partial charge is 0.265 e. The van der Waals surface area contributed by atoms with Gasteiger partial charge >= 0.3 is 0 Å². The fourth-order valence-corrected chi connectivity index (χ4v) is 4.84. The van der Waals surface area contributed by atoms with Gasteiger partial charge in [-0.25, -0.2) is 8.42 Å². The second-order valence-corrected chi connectivity index (χ2v) is 7.63. The predicted octanol–water partition coefficient (Wildman–Crippen LogP) is 4.78. The van der Waals surface area contributed by atoms with Crippen molar-refractivity contribution in [3.63, 3.8) is 0 Å². The molecule has 0 spiro atoms. The van der Waals surface area contributed by atoms with E-state index in [0.29, 0.717) is 11.4 Å². The van der Waals surface area contributed by atoms with Crippen LogP contribution in [0.25, 0.3) is 0 Å². The van der Waals surface area contributed by atoms with Crippen molar-refractivity contribution in [2.75, 3.05) is 18.0 Å². The molecule has 0 amide bonds. The van der Waals surface area contributed by atoms with Crippen LogP contribution in [0, 0.1) is 0 Å². The first-order valence-electron chi connectivity index (χ1n) is 7.51. The number of sulfonamides is 1. The Bertz CT molecular complexity index is 838. The zero-order valence-corrected chi connectivity index (χ0v) is 16.0. The van der Waals surface area contributed by atoms with Crippen molar-refractivity contribution in [2.45, 2.75) is 25.2 Å². The number of benzene rings is 2. The molecular formula is C17H19Cl2NO3S. The predicted molar refractivity (Wildman–Crippen MR) is 99.0 cm³/mol. The fourth-order valence-electron chi connectivity index (χ4n) is 2.51. The highest BCUT2D eigenvalue weighted by atomic mass is 35.5. The molecule has 0 heterocycles. The van der Waals surface area contributed by atoms with Gasteiger partial charge in [-0.2, -0.15) is 0 Å². The summed E-state index contributed by atoms with van der Waals surface area (Å²) >= 11 is 12.3. The molecule has 0 bridgehead atoms. The molecule has 0 radical (unpaired) electrons. The van der Waals surface area contributed by atoms with Crippen LogP contribution in [0.2, 0.25) is 10.0 Å². The Hall–Kier alpha value is -1.43. The van der Waals surface area contributed by atoms with Crippen LogP contribution in [0.4, 0.5) is 5.69 Å². The Balaban J connectivity index is 2.62. The number of ether oxygens (including phenoxy) is 1. The SMILES string of the molecule is CCc1ccccc1N(CC)S(=O)(=O)c1ccc(OC)c(Cl)c1Cl. The number of hydrogen-bond donors (Lipinski definition) is 0. The molecule has 7 heteroatoms. The summed E-state index contributed by atoms with van der Waals surface area (Å²) in [5, 5.41) is 0.0449. The summed E-state index contributed by atoms with van der Waals surface area (Å²) in [5.41, 5.74) is 1.59. The zero-order chi connectivity index (χ0) is 17.9. The maximum absolute atomic E-state index is 13.1. The van der Waals surface area contributed by atoms with Gasteiger partial charge in [0.1, 0.15) is 15.7 Å². The highest BCUT2D eigenvalue weighted by Gasteiger charge is 2.29. The molecule has 0 N–H and O–H groups in total. The van der Waals surface area contributed by atoms with Crippen molar-refractivity contribution >= 4 is 38.9 Å². The molecule has 130 valence electrons. The number of halogens is 2. The van der Waals surface area contributed by atoms with Crippen molar-refractivity contribution in [1.82, 2.24) is 0 Å². The monoisotopic (exact) mass is 387 g/mol. The van der Waals surface area contributed by atoms with Gasteiger partial charge in [-0.1, -0.05) is 48.3 Å². The van der Waals surface area contributed by atoms with Crippen LogP contribution in [0.15, 0.2) is 41.3 Å². The van der Waals surface area contributed by atoms with E-state index in [1.807, 2.05) is 25.1 Å². The fraction of sp³-hybridized carbons (Fsp3) is 0.294. The van der Waals surface area contributed by atoms with Gasteiger partial charge in [0.2, 0.25) is 0 Å². The van der Waals surface area contributed by atoms with E-state index < -0.39 is 10.0 Å². The Kier molecular flexibility index (Phi) is 6.01. The average Bonchev–Trinajstić information content (AvgIpc) is 2.58. The molecule has 0 unspecified atom stereocenters. The lowest BCUT2D eigenvalue weighted by molar-refractivity contribution is 0.414. The molecule has 0 fully saturated rings. The first kappa shape index (κ1) is 18.9. The lowest BCUT2D eigenvalue weighted by Gasteiger charge is -2.26. The van der Waals surface area contributed by atoms with Gasteiger partial charge in [0.05, 0.1) is 17.8 Å². The van der Waals surface area contributed by atoms with E-state index in [9.17, 15) is 8.42 Å². The van der Waals surface area contributed by atoms with Crippen molar-refractivity contribution < 1.29 is 13.2 Å². The number of rotatable bonds is 6. The van der Waals surface area contributed by atoms with E-state index in [2.05, 4.69) is 0 Å². The lowest BCUT2D eigenvalue weighted by Crippen LogP contribution is -2.31. The molecule has 0 saturated carbocycles. The van der Waals surface area contributed by atoms with Crippen LogP contribution in [0.5, 0.6) is 5.75 Å². The first-order valence-corrected chi connectivity index (χ1v) is 9.70. The summed E-state index contributed by atoms with van der Waals surface area (Å²) in [7, 11) is -2.41. The van der Waals surface area contributed by atoms with Crippen molar-refractivity contribution in [3.8, 4) is 5.75 Å². The van der Waals surface area contributed by atoms with Gasteiger partial charge in [0, 0.05) is 6.54 Å². The minimum absolute atomic E-state index is 0.0385. The Morgan fingerprint density at radius 3 is 2.29 bits per heavy atom. The molecule has 4 nitrogen and oxygen atoms in total. The second-order valence-electron chi connectivity index (χ2n) is 5.05. The van der Waals surface area contributed by atoms with Crippen molar-refractivity contribution in [1.29, 1.82) is 0 Å². The normalized spacial score (nSPS) is 11.4. The molecule has 2 aromatic rings. The second kappa shape index (κ2) is 7.64. The third kappa shape index (κ3) is 3.34. The first-order chi connectivity index (χ1) is 11.4. The molecule has 0 aliphatic rings. The third-order valence-corrected chi connectivity index (χ3v) is 6.64. The number of anilines is 1. The average molecular weight is 388 g/mol. The molecule has 0 aliphatic carbocycles. The lowest BCUT2D eigenvalue weighted by atomic mass is 10.1. The maximum Gasteiger partial charge on any atom is 0.265 e. The number of methoxy groups -OCH3 is 1. The quantitative estimate of drug-likeness (QED) is 0.716. The highest BCUT2D eigenvalue weighted by molar-refractivity contribution is 7.93. The number of aryl methyl sites for hydroxylation is 1. The van der Waals surface area contributed by atoms with Gasteiger partial charge in [-0.3, -0.25) is 4.31 Å². The maximum atomic E-state index is 13.1. The summed E-state index contributed by atoms with van der Waals surface area (Å²) in [4.78, 5) is -0.0391. The van der Waals surface area contributed by atoms with Crippen molar-refractivity contribution in [2.24, 2.45) is 0 Å². The zero-order valence-electron chi connectivity index (χ0n) is 13.7.